The number of unbranched alkanes of at least 4 members (excludes halogenated alkanes) is 18. The molecular formula is C30H51ClO5. The van der Waals surface area contributed by atoms with Crippen LogP contribution in [0.15, 0.2) is 0 Å². The average molecular weight is 527 g/mol. The summed E-state index contributed by atoms with van der Waals surface area (Å²) in [5, 5.41) is 24.6. The van der Waals surface area contributed by atoms with E-state index in [-0.39, 0.29) is 5.88 Å². The van der Waals surface area contributed by atoms with Crippen molar-refractivity contribution in [2.75, 3.05) is 5.88 Å². The van der Waals surface area contributed by atoms with Crippen molar-refractivity contribution >= 4 is 23.5 Å². The van der Waals surface area contributed by atoms with Gasteiger partial charge in [0.25, 0.3) is 0 Å². The Morgan fingerprint density at radius 3 is 1.31 bits per heavy atom. The van der Waals surface area contributed by atoms with Crippen molar-refractivity contribution in [1.82, 2.24) is 0 Å². The van der Waals surface area contributed by atoms with Crippen molar-refractivity contribution in [1.29, 1.82) is 0 Å². The molecule has 0 bridgehead atoms. The van der Waals surface area contributed by atoms with Crippen LogP contribution in [0.5, 0.6) is 0 Å². The lowest BCUT2D eigenvalue weighted by Crippen LogP contribution is -2.20. The van der Waals surface area contributed by atoms with Crippen LogP contribution in [0, 0.1) is 23.7 Å². The highest BCUT2D eigenvalue weighted by molar-refractivity contribution is 6.19. The summed E-state index contributed by atoms with van der Waals surface area (Å²) in [4.78, 5) is 20.0. The molecule has 0 radical (unpaired) electrons. The highest BCUT2D eigenvalue weighted by Crippen LogP contribution is 2.12. The molecule has 0 aromatic carbocycles. The van der Waals surface area contributed by atoms with Gasteiger partial charge in [0.2, 0.25) is 0 Å². The van der Waals surface area contributed by atoms with Crippen LogP contribution in [0.4, 0.5) is 0 Å². The third-order valence-corrected chi connectivity index (χ3v) is 6.06. The van der Waals surface area contributed by atoms with E-state index < -0.39 is 18.0 Å². The number of alkyl halides is 1. The fourth-order valence-electron chi connectivity index (χ4n) is 3.53. The molecule has 0 spiro atoms. The third-order valence-electron chi connectivity index (χ3n) is 5.77. The smallest absolute Gasteiger partial charge is 0.333 e. The highest BCUT2D eigenvalue weighted by atomic mass is 35.5. The number of aliphatic hydroxyl groups is 1. The first-order chi connectivity index (χ1) is 17.5. The molecule has 0 aromatic rings. The van der Waals surface area contributed by atoms with E-state index in [1.165, 1.54) is 89.9 Å². The van der Waals surface area contributed by atoms with Crippen LogP contribution in [0.25, 0.3) is 0 Å². The fourth-order valence-corrected chi connectivity index (χ4v) is 3.66. The predicted octanol–water partition coefficient (Wildman–Crippen LogP) is 7.96. The van der Waals surface area contributed by atoms with E-state index in [1.807, 2.05) is 0 Å². The Morgan fingerprint density at radius 2 is 1.00 bits per heavy atom. The van der Waals surface area contributed by atoms with Gasteiger partial charge in [-0.15, -0.1) is 11.6 Å². The van der Waals surface area contributed by atoms with Crippen LogP contribution in [0.3, 0.4) is 0 Å². The lowest BCUT2D eigenvalue weighted by molar-refractivity contribution is -0.145. The number of aliphatic hydroxyl groups excluding tert-OH is 1. The topological polar surface area (TPSA) is 94.8 Å². The molecule has 0 saturated heterocycles. The van der Waals surface area contributed by atoms with Gasteiger partial charge in [0.15, 0.2) is 6.10 Å². The van der Waals surface area contributed by atoms with Gasteiger partial charge in [-0.05, 0) is 31.1 Å². The van der Waals surface area contributed by atoms with E-state index in [9.17, 15) is 9.59 Å². The maximum Gasteiger partial charge on any atom is 0.333 e. The lowest BCUT2D eigenvalue weighted by atomic mass is 10.0. The van der Waals surface area contributed by atoms with Crippen LogP contribution in [-0.2, 0) is 9.59 Å². The third kappa shape index (κ3) is 34.5. The van der Waals surface area contributed by atoms with Gasteiger partial charge in [0.1, 0.15) is 0 Å². The second-order valence-electron chi connectivity index (χ2n) is 9.27. The summed E-state index contributed by atoms with van der Waals surface area (Å²) in [6.07, 6.45) is 23.9. The van der Waals surface area contributed by atoms with Crippen molar-refractivity contribution in [3.63, 3.8) is 0 Å². The molecule has 1 unspecified atom stereocenters. The monoisotopic (exact) mass is 526 g/mol. The summed E-state index contributed by atoms with van der Waals surface area (Å²) in [6, 6.07) is 0. The van der Waals surface area contributed by atoms with Crippen molar-refractivity contribution in [2.45, 2.75) is 148 Å². The maximum absolute atomic E-state index is 10.4. The van der Waals surface area contributed by atoms with Gasteiger partial charge in [0.05, 0.1) is 5.88 Å². The summed E-state index contributed by atoms with van der Waals surface area (Å²) in [5.41, 5.74) is 0. The minimum Gasteiger partial charge on any atom is -0.481 e. The highest BCUT2D eigenvalue weighted by Gasteiger charge is 2.09. The van der Waals surface area contributed by atoms with E-state index in [0.717, 1.165) is 38.5 Å². The lowest BCUT2D eigenvalue weighted by Gasteiger charge is -2.01. The number of hydrogen-bond donors (Lipinski definition) is 3. The van der Waals surface area contributed by atoms with Gasteiger partial charge in [-0.2, -0.15) is 0 Å². The van der Waals surface area contributed by atoms with Crippen molar-refractivity contribution in [3.05, 3.63) is 0 Å². The Kier molecular flexibility index (Phi) is 31.7. The van der Waals surface area contributed by atoms with Crippen LogP contribution in [0.2, 0.25) is 0 Å². The molecule has 0 aromatic heterocycles. The summed E-state index contributed by atoms with van der Waals surface area (Å²) >= 11 is 4.92. The predicted molar refractivity (Wildman–Crippen MR) is 150 cm³/mol. The minimum atomic E-state index is -1.42. The molecular weight excluding hydrogens is 476 g/mol. The van der Waals surface area contributed by atoms with Gasteiger partial charge < -0.3 is 15.3 Å². The van der Waals surface area contributed by atoms with Gasteiger partial charge in [-0.3, -0.25) is 4.79 Å². The number of rotatable bonds is 22. The number of carboxylic acids is 2. The van der Waals surface area contributed by atoms with E-state index in [4.69, 9.17) is 26.9 Å². The zero-order valence-electron chi connectivity index (χ0n) is 22.7. The molecule has 208 valence electrons. The standard InChI is InChI=1S/C27H46O2.C3H5ClO3/c1-2-3-4-5-6-7-8-9-10-11-12-13-14-15-16-17-18-19-20-21-22-23-24-25-26-27(28)29;4-1-2(5)3(6)7/h2-14,19-26H2,1H3,(H,28,29);2,5H,1H2,(H,6,7). The largest absolute Gasteiger partial charge is 0.481 e. The van der Waals surface area contributed by atoms with Crippen LogP contribution in [0.1, 0.15) is 142 Å². The molecule has 3 N–H and O–H groups in total. The Bertz CT molecular complexity index is 627. The molecule has 36 heavy (non-hydrogen) atoms. The molecule has 1 atom stereocenters. The molecule has 0 heterocycles. The number of aliphatic carboxylic acids is 2. The van der Waals surface area contributed by atoms with Crippen LogP contribution < -0.4 is 0 Å². The Hall–Kier alpha value is -1.69. The van der Waals surface area contributed by atoms with Gasteiger partial charge in [0, 0.05) is 19.3 Å². The first-order valence-electron chi connectivity index (χ1n) is 14.1. The molecule has 0 aliphatic heterocycles. The Labute approximate surface area is 225 Å². The molecule has 5 nitrogen and oxygen atoms in total. The molecule has 0 rings (SSSR count). The van der Waals surface area contributed by atoms with E-state index >= 15 is 0 Å². The second-order valence-corrected chi connectivity index (χ2v) is 9.57. The van der Waals surface area contributed by atoms with Gasteiger partial charge in [-0.1, -0.05) is 115 Å². The molecule has 0 saturated carbocycles. The molecule has 0 aliphatic carbocycles. The summed E-state index contributed by atoms with van der Waals surface area (Å²) in [7, 11) is 0. The van der Waals surface area contributed by atoms with E-state index in [2.05, 4.69) is 30.6 Å². The summed E-state index contributed by atoms with van der Waals surface area (Å²) in [6.45, 7) is 2.28. The van der Waals surface area contributed by atoms with Crippen molar-refractivity contribution in [2.24, 2.45) is 0 Å². The molecule has 0 amide bonds. The van der Waals surface area contributed by atoms with Crippen molar-refractivity contribution in [3.8, 4) is 23.7 Å². The van der Waals surface area contributed by atoms with Crippen molar-refractivity contribution < 1.29 is 24.9 Å². The number of carboxylic acid groups (broad SMARTS) is 2. The fraction of sp³-hybridized carbons (Fsp3) is 0.800. The maximum atomic E-state index is 10.4. The normalized spacial score (nSPS) is 10.8. The molecule has 6 heteroatoms. The number of hydrogen-bond acceptors (Lipinski definition) is 3. The van der Waals surface area contributed by atoms with Gasteiger partial charge >= 0.3 is 11.9 Å². The molecule has 0 aliphatic rings. The quantitative estimate of drug-likeness (QED) is 0.0755. The van der Waals surface area contributed by atoms with Crippen LogP contribution in [-0.4, -0.2) is 39.2 Å². The first-order valence-corrected chi connectivity index (χ1v) is 14.6. The zero-order chi connectivity index (χ0) is 27.1. The zero-order valence-corrected chi connectivity index (χ0v) is 23.4. The Balaban J connectivity index is 0. The SMILES string of the molecule is CCCCCCCCCCCCCCC#CC#CCCCCCCCCC(=O)O.O=C(O)C(O)CCl. The minimum absolute atomic E-state index is 0.255. The van der Waals surface area contributed by atoms with Gasteiger partial charge in [-0.25, -0.2) is 4.79 Å². The summed E-state index contributed by atoms with van der Waals surface area (Å²) in [5.74, 6) is 10.1. The average Bonchev–Trinajstić information content (AvgIpc) is 2.86. The number of halogens is 1. The van der Waals surface area contributed by atoms with Crippen LogP contribution >= 0.6 is 11.6 Å². The van der Waals surface area contributed by atoms with E-state index in [0.29, 0.717) is 6.42 Å². The van der Waals surface area contributed by atoms with E-state index in [1.54, 1.807) is 0 Å². The molecule has 0 fully saturated rings. The summed E-state index contributed by atoms with van der Waals surface area (Å²) < 4.78 is 0. The first kappa shape index (κ1) is 36.5. The Morgan fingerprint density at radius 1 is 0.639 bits per heavy atom. The number of carbonyl (C=O) groups is 2. The second kappa shape index (κ2) is 31.3.